The van der Waals surface area contributed by atoms with Gasteiger partial charge in [0.2, 0.25) is 0 Å². The number of rotatable bonds is 7. The number of sulfonamides is 1. The van der Waals surface area contributed by atoms with Crippen molar-refractivity contribution >= 4 is 56.5 Å². The van der Waals surface area contributed by atoms with Gasteiger partial charge in [-0.25, -0.2) is 8.42 Å². The second-order valence-corrected chi connectivity index (χ2v) is 8.66. The number of hydrogen-bond acceptors (Lipinski definition) is 3. The Balaban J connectivity index is 2.52. The van der Waals surface area contributed by atoms with E-state index in [2.05, 4.69) is 0 Å². The first-order valence-electron chi connectivity index (χ1n) is 7.58. The predicted octanol–water partition coefficient (Wildman–Crippen LogP) is 5.02. The van der Waals surface area contributed by atoms with Crippen LogP contribution >= 0.6 is 34.8 Å². The lowest BCUT2D eigenvalue weighted by Gasteiger charge is -2.25. The van der Waals surface area contributed by atoms with E-state index < -0.39 is 16.0 Å². The number of benzene rings is 2. The Morgan fingerprint density at radius 2 is 1.73 bits per heavy atom. The highest BCUT2D eigenvalue weighted by molar-refractivity contribution is 7.93. The van der Waals surface area contributed by atoms with Gasteiger partial charge in [0.15, 0.2) is 0 Å². The zero-order chi connectivity index (χ0) is 19.5. The zero-order valence-corrected chi connectivity index (χ0v) is 16.8. The van der Waals surface area contributed by atoms with Crippen LogP contribution in [0, 0.1) is 6.92 Å². The molecule has 1 N–H and O–H groups in total. The van der Waals surface area contributed by atoms with Gasteiger partial charge < -0.3 is 5.11 Å². The van der Waals surface area contributed by atoms with E-state index in [1.807, 2.05) is 0 Å². The molecule has 0 aliphatic carbocycles. The first-order chi connectivity index (χ1) is 12.1. The van der Waals surface area contributed by atoms with Gasteiger partial charge >= 0.3 is 5.97 Å². The second kappa shape index (κ2) is 8.48. The summed E-state index contributed by atoms with van der Waals surface area (Å²) in [6.07, 6.45) is -0.0315. The molecule has 0 radical (unpaired) electrons. The number of nitrogens with zero attached hydrogens (tertiary/aromatic N) is 1. The molecule has 0 aliphatic rings. The highest BCUT2D eigenvalue weighted by Crippen LogP contribution is 2.32. The fourth-order valence-corrected chi connectivity index (χ4v) is 4.69. The average molecular weight is 437 g/mol. The number of carboxylic acid groups (broad SMARTS) is 1. The molecular formula is C17H16Cl3NO4S. The minimum Gasteiger partial charge on any atom is -0.481 e. The molecule has 0 saturated heterocycles. The number of aliphatic carboxylic acids is 1. The molecule has 0 heterocycles. The summed E-state index contributed by atoms with van der Waals surface area (Å²) in [6.45, 7) is 1.72. The first kappa shape index (κ1) is 20.8. The summed E-state index contributed by atoms with van der Waals surface area (Å²) in [4.78, 5) is 10.7. The van der Waals surface area contributed by atoms with Gasteiger partial charge in [-0.2, -0.15) is 0 Å². The van der Waals surface area contributed by atoms with Crippen LogP contribution in [0.5, 0.6) is 0 Å². The molecule has 2 aromatic rings. The Hall–Kier alpha value is -1.47. The normalized spacial score (nSPS) is 11.4. The Morgan fingerprint density at radius 3 is 2.35 bits per heavy atom. The van der Waals surface area contributed by atoms with Crippen molar-refractivity contribution in [1.82, 2.24) is 0 Å². The van der Waals surface area contributed by atoms with Gasteiger partial charge in [-0.1, -0.05) is 34.8 Å². The quantitative estimate of drug-likeness (QED) is 0.661. The molecule has 9 heteroatoms. The lowest BCUT2D eigenvalue weighted by Crippen LogP contribution is -2.32. The fourth-order valence-electron chi connectivity index (χ4n) is 2.34. The lowest BCUT2D eigenvalue weighted by molar-refractivity contribution is -0.137. The Morgan fingerprint density at radius 1 is 1.08 bits per heavy atom. The molecule has 5 nitrogen and oxygen atoms in total. The number of anilines is 1. The summed E-state index contributed by atoms with van der Waals surface area (Å²) in [5.41, 5.74) is 1.06. The highest BCUT2D eigenvalue weighted by atomic mass is 35.5. The SMILES string of the molecule is Cc1cc(N(CCCC(=O)O)S(=O)(=O)c2cc(Cl)ccc2Cl)ccc1Cl. The van der Waals surface area contributed by atoms with Crippen molar-refractivity contribution in [2.75, 3.05) is 10.8 Å². The van der Waals surface area contributed by atoms with Crippen LogP contribution in [0.25, 0.3) is 0 Å². The Kier molecular flexibility index (Phi) is 6.80. The maximum absolute atomic E-state index is 13.2. The maximum Gasteiger partial charge on any atom is 0.303 e. The van der Waals surface area contributed by atoms with Crippen molar-refractivity contribution in [3.05, 3.63) is 57.0 Å². The monoisotopic (exact) mass is 435 g/mol. The largest absolute Gasteiger partial charge is 0.481 e. The van der Waals surface area contributed by atoms with E-state index in [9.17, 15) is 13.2 Å². The summed E-state index contributed by atoms with van der Waals surface area (Å²) in [5, 5.41) is 9.61. The van der Waals surface area contributed by atoms with Gasteiger partial charge in [0.25, 0.3) is 10.0 Å². The lowest BCUT2D eigenvalue weighted by atomic mass is 10.2. The minimum atomic E-state index is -4.05. The molecule has 0 amide bonds. The number of halogens is 3. The molecule has 0 aromatic heterocycles. The summed E-state index contributed by atoms with van der Waals surface area (Å²) < 4.78 is 27.5. The van der Waals surface area contributed by atoms with Crippen molar-refractivity contribution in [1.29, 1.82) is 0 Å². The Bertz CT molecular complexity index is 932. The summed E-state index contributed by atoms with van der Waals surface area (Å²) in [7, 11) is -4.05. The topological polar surface area (TPSA) is 74.7 Å². The van der Waals surface area contributed by atoms with Crippen molar-refractivity contribution in [3.63, 3.8) is 0 Å². The van der Waals surface area contributed by atoms with Crippen molar-refractivity contribution < 1.29 is 18.3 Å². The highest BCUT2D eigenvalue weighted by Gasteiger charge is 2.28. The standard InChI is InChI=1S/C17H16Cl3NO4S/c1-11-9-13(5-7-14(11)19)21(8-2-3-17(22)23)26(24,25)16-10-12(18)4-6-15(16)20/h4-7,9-10H,2-3,8H2,1H3,(H,22,23). The van der Waals surface area contributed by atoms with Gasteiger partial charge in [-0.15, -0.1) is 0 Å². The molecule has 0 spiro atoms. The van der Waals surface area contributed by atoms with E-state index in [0.717, 1.165) is 4.31 Å². The summed E-state index contributed by atoms with van der Waals surface area (Å²) >= 11 is 18.0. The van der Waals surface area contributed by atoms with Gasteiger partial charge in [-0.05, 0) is 55.3 Å². The third-order valence-corrected chi connectivity index (χ3v) is 6.61. The molecule has 2 rings (SSSR count). The third-order valence-electron chi connectivity index (χ3n) is 3.64. The Labute approximate surface area is 167 Å². The molecule has 0 fully saturated rings. The van der Waals surface area contributed by atoms with E-state index >= 15 is 0 Å². The van der Waals surface area contributed by atoms with Crippen LogP contribution in [0.1, 0.15) is 18.4 Å². The molecular weight excluding hydrogens is 421 g/mol. The maximum atomic E-state index is 13.2. The number of hydrogen-bond donors (Lipinski definition) is 1. The van der Waals surface area contributed by atoms with Crippen LogP contribution in [-0.2, 0) is 14.8 Å². The zero-order valence-electron chi connectivity index (χ0n) is 13.7. The average Bonchev–Trinajstić information content (AvgIpc) is 2.56. The van der Waals surface area contributed by atoms with Crippen LogP contribution in [-0.4, -0.2) is 26.0 Å². The van der Waals surface area contributed by atoms with Crippen LogP contribution in [0.15, 0.2) is 41.3 Å². The van der Waals surface area contributed by atoms with E-state index in [1.54, 1.807) is 25.1 Å². The van der Waals surface area contributed by atoms with E-state index in [1.165, 1.54) is 18.2 Å². The molecule has 0 bridgehead atoms. The number of carbonyl (C=O) groups is 1. The van der Waals surface area contributed by atoms with Gasteiger partial charge in [-0.3, -0.25) is 9.10 Å². The third kappa shape index (κ3) is 4.82. The van der Waals surface area contributed by atoms with Gasteiger partial charge in [0.1, 0.15) is 4.90 Å². The molecule has 0 atom stereocenters. The smallest absolute Gasteiger partial charge is 0.303 e. The van der Waals surface area contributed by atoms with Crippen LogP contribution in [0.4, 0.5) is 5.69 Å². The van der Waals surface area contributed by atoms with E-state index in [4.69, 9.17) is 39.9 Å². The van der Waals surface area contributed by atoms with Crippen molar-refractivity contribution in [3.8, 4) is 0 Å². The first-order valence-corrected chi connectivity index (χ1v) is 10.2. The van der Waals surface area contributed by atoms with Gasteiger partial charge in [0, 0.05) is 23.0 Å². The van der Waals surface area contributed by atoms with Crippen LogP contribution < -0.4 is 4.31 Å². The van der Waals surface area contributed by atoms with Gasteiger partial charge in [0.05, 0.1) is 10.7 Å². The molecule has 26 heavy (non-hydrogen) atoms. The number of carboxylic acids is 1. The minimum absolute atomic E-state index is 0.0292. The van der Waals surface area contributed by atoms with Crippen LogP contribution in [0.2, 0.25) is 15.1 Å². The second-order valence-electron chi connectivity index (χ2n) is 5.58. The summed E-state index contributed by atoms with van der Waals surface area (Å²) in [5.74, 6) is -1.00. The molecule has 0 unspecified atom stereocenters. The van der Waals surface area contributed by atoms with Crippen molar-refractivity contribution in [2.45, 2.75) is 24.7 Å². The molecule has 140 valence electrons. The van der Waals surface area contributed by atoms with E-state index in [-0.39, 0.29) is 34.3 Å². The van der Waals surface area contributed by atoms with Crippen LogP contribution in [0.3, 0.4) is 0 Å². The molecule has 0 aliphatic heterocycles. The van der Waals surface area contributed by atoms with E-state index in [0.29, 0.717) is 16.3 Å². The van der Waals surface area contributed by atoms with Crippen molar-refractivity contribution in [2.24, 2.45) is 0 Å². The summed E-state index contributed by atoms with van der Waals surface area (Å²) in [6, 6.07) is 8.94. The molecule has 0 saturated carbocycles. The fraction of sp³-hybridized carbons (Fsp3) is 0.235. The number of aryl methyl sites for hydroxylation is 1. The predicted molar refractivity (Wildman–Crippen MR) is 104 cm³/mol. The molecule has 2 aromatic carbocycles.